The number of amides is 1. The third-order valence-electron chi connectivity index (χ3n) is 5.92. The number of likely N-dealkylation sites (tertiary alicyclic amines) is 1. The predicted molar refractivity (Wildman–Crippen MR) is 134 cm³/mol. The Kier molecular flexibility index (Phi) is 7.14. The topological polar surface area (TPSA) is 70.1 Å². The van der Waals surface area contributed by atoms with Crippen molar-refractivity contribution in [1.82, 2.24) is 9.80 Å². The molecule has 0 radical (unpaired) electrons. The van der Waals surface area contributed by atoms with Crippen molar-refractivity contribution in [2.45, 2.75) is 19.6 Å². The maximum atomic E-state index is 13.0. The normalized spacial score (nSPS) is 17.5. The average Bonchev–Trinajstić information content (AvgIpc) is 3.44. The monoisotopic (exact) mass is 476 g/mol. The first-order valence-electron chi connectivity index (χ1n) is 11.1. The lowest BCUT2D eigenvalue weighted by Crippen LogP contribution is -2.35. The fourth-order valence-electron chi connectivity index (χ4n) is 3.96. The number of aliphatic hydroxyl groups is 1. The molecule has 1 aromatic heterocycles. The quantitative estimate of drug-likeness (QED) is 0.292. The molecule has 6 nitrogen and oxygen atoms in total. The summed E-state index contributed by atoms with van der Waals surface area (Å²) in [5, 5.41) is 13.0. The Morgan fingerprint density at radius 2 is 1.79 bits per heavy atom. The smallest absolute Gasteiger partial charge is 0.295 e. The number of thiophene rings is 1. The van der Waals surface area contributed by atoms with Gasteiger partial charge < -0.3 is 19.6 Å². The van der Waals surface area contributed by atoms with Crippen LogP contribution in [0.15, 0.2) is 71.6 Å². The highest BCUT2D eigenvalue weighted by Crippen LogP contribution is 2.41. The Morgan fingerprint density at radius 3 is 2.44 bits per heavy atom. The van der Waals surface area contributed by atoms with Gasteiger partial charge in [0.15, 0.2) is 0 Å². The van der Waals surface area contributed by atoms with Gasteiger partial charge in [0.2, 0.25) is 0 Å². The lowest BCUT2D eigenvalue weighted by Gasteiger charge is -2.25. The van der Waals surface area contributed by atoms with E-state index < -0.39 is 17.7 Å². The maximum absolute atomic E-state index is 13.0. The van der Waals surface area contributed by atoms with Crippen LogP contribution >= 0.6 is 11.3 Å². The van der Waals surface area contributed by atoms with Gasteiger partial charge in [-0.05, 0) is 67.9 Å². The summed E-state index contributed by atoms with van der Waals surface area (Å²) in [6, 6.07) is 18.1. The summed E-state index contributed by atoms with van der Waals surface area (Å²) in [6.07, 6.45) is 0. The summed E-state index contributed by atoms with van der Waals surface area (Å²) in [5.74, 6) is -0.759. The van der Waals surface area contributed by atoms with Crippen molar-refractivity contribution in [3.8, 4) is 5.75 Å². The van der Waals surface area contributed by atoms with Crippen LogP contribution in [-0.4, -0.2) is 53.8 Å². The zero-order valence-electron chi connectivity index (χ0n) is 19.5. The number of ether oxygens (including phenoxy) is 1. The number of carbonyl (C=O) groups is 2. The van der Waals surface area contributed by atoms with Gasteiger partial charge in [-0.3, -0.25) is 9.59 Å². The minimum Gasteiger partial charge on any atom is -0.507 e. The summed E-state index contributed by atoms with van der Waals surface area (Å²) < 4.78 is 5.89. The summed E-state index contributed by atoms with van der Waals surface area (Å²) >= 11 is 1.46. The molecule has 1 N–H and O–H groups in total. The number of Topliss-reactive ketones (excluding diaryl/α,β-unsaturated/α-hetero) is 1. The lowest BCUT2D eigenvalue weighted by atomic mass is 10.00. The van der Waals surface area contributed by atoms with E-state index in [1.165, 1.54) is 11.3 Å². The van der Waals surface area contributed by atoms with E-state index in [-0.39, 0.29) is 11.3 Å². The molecule has 2 heterocycles. The molecule has 34 heavy (non-hydrogen) atoms. The van der Waals surface area contributed by atoms with E-state index in [1.807, 2.05) is 67.7 Å². The second kappa shape index (κ2) is 10.2. The molecule has 1 saturated heterocycles. The van der Waals surface area contributed by atoms with Crippen LogP contribution in [-0.2, 0) is 16.2 Å². The SMILES string of the molecule is Cc1ccccc1COc1ccc(/C(O)=C2\C(=O)C(=O)N(CCN(C)C)C2c2cccs2)cc1. The minimum absolute atomic E-state index is 0.125. The first-order valence-corrected chi connectivity index (χ1v) is 12.0. The summed E-state index contributed by atoms with van der Waals surface area (Å²) in [5.41, 5.74) is 2.85. The fraction of sp³-hybridized carbons (Fsp3) is 0.259. The van der Waals surface area contributed by atoms with Crippen LogP contribution in [0.1, 0.15) is 27.6 Å². The second-order valence-corrected chi connectivity index (χ2v) is 9.53. The van der Waals surface area contributed by atoms with Crippen LogP contribution in [0.25, 0.3) is 5.76 Å². The molecule has 1 unspecified atom stereocenters. The number of aliphatic hydroxyl groups excluding tert-OH is 1. The first-order chi connectivity index (χ1) is 16.4. The summed E-state index contributed by atoms with van der Waals surface area (Å²) in [4.78, 5) is 30.2. The summed E-state index contributed by atoms with van der Waals surface area (Å²) in [6.45, 7) is 3.48. The number of rotatable bonds is 8. The van der Waals surface area contributed by atoms with E-state index in [9.17, 15) is 14.7 Å². The van der Waals surface area contributed by atoms with Crippen molar-refractivity contribution < 1.29 is 19.4 Å². The molecular weight excluding hydrogens is 448 g/mol. The number of ketones is 1. The Hall–Kier alpha value is -3.42. The number of carbonyl (C=O) groups excluding carboxylic acids is 2. The molecule has 3 aromatic rings. The van der Waals surface area contributed by atoms with Crippen molar-refractivity contribution in [2.24, 2.45) is 0 Å². The Balaban J connectivity index is 1.61. The second-order valence-electron chi connectivity index (χ2n) is 8.55. The third-order valence-corrected chi connectivity index (χ3v) is 6.85. The molecule has 176 valence electrons. The van der Waals surface area contributed by atoms with Gasteiger partial charge in [-0.25, -0.2) is 0 Å². The maximum Gasteiger partial charge on any atom is 0.295 e. The van der Waals surface area contributed by atoms with Gasteiger partial charge in [-0.2, -0.15) is 0 Å². The van der Waals surface area contributed by atoms with Crippen molar-refractivity contribution in [1.29, 1.82) is 0 Å². The third kappa shape index (κ3) is 4.90. The van der Waals surface area contributed by atoms with Gasteiger partial charge in [0.05, 0.1) is 11.6 Å². The van der Waals surface area contributed by atoms with Crippen molar-refractivity contribution in [3.63, 3.8) is 0 Å². The Bertz CT molecular complexity index is 1200. The molecule has 1 atom stereocenters. The fourth-order valence-corrected chi connectivity index (χ4v) is 4.80. The molecule has 0 saturated carbocycles. The molecule has 1 aliphatic rings. The van der Waals surface area contributed by atoms with Crippen LogP contribution in [0.4, 0.5) is 0 Å². The molecule has 4 rings (SSSR count). The predicted octanol–water partition coefficient (Wildman–Crippen LogP) is 4.62. The zero-order valence-corrected chi connectivity index (χ0v) is 20.3. The number of nitrogens with zero attached hydrogens (tertiary/aromatic N) is 2. The molecular formula is C27H28N2O4S. The highest BCUT2D eigenvalue weighted by molar-refractivity contribution is 7.10. The van der Waals surface area contributed by atoms with Gasteiger partial charge in [0.25, 0.3) is 11.7 Å². The highest BCUT2D eigenvalue weighted by atomic mass is 32.1. The summed E-state index contributed by atoms with van der Waals surface area (Å²) in [7, 11) is 3.83. The zero-order chi connectivity index (χ0) is 24.2. The van der Waals surface area contributed by atoms with Crippen LogP contribution in [0.5, 0.6) is 5.75 Å². The molecule has 0 aliphatic carbocycles. The number of hydrogen-bond acceptors (Lipinski definition) is 6. The van der Waals surface area contributed by atoms with Crippen molar-refractivity contribution >= 4 is 28.8 Å². The van der Waals surface area contributed by atoms with E-state index in [0.29, 0.717) is 31.0 Å². The molecule has 0 bridgehead atoms. The van der Waals surface area contributed by atoms with E-state index >= 15 is 0 Å². The van der Waals surface area contributed by atoms with E-state index in [1.54, 1.807) is 29.2 Å². The average molecular weight is 477 g/mol. The Morgan fingerprint density at radius 1 is 1.06 bits per heavy atom. The van der Waals surface area contributed by atoms with E-state index in [0.717, 1.165) is 16.0 Å². The number of aryl methyl sites for hydroxylation is 1. The number of likely N-dealkylation sites (N-methyl/N-ethyl adjacent to an activating group) is 1. The van der Waals surface area contributed by atoms with Crippen LogP contribution < -0.4 is 4.74 Å². The Labute approximate surface area is 203 Å². The lowest BCUT2D eigenvalue weighted by molar-refractivity contribution is -0.140. The number of benzene rings is 2. The van der Waals surface area contributed by atoms with E-state index in [4.69, 9.17) is 4.74 Å². The van der Waals surface area contributed by atoms with Crippen LogP contribution in [0.2, 0.25) is 0 Å². The van der Waals surface area contributed by atoms with Gasteiger partial charge in [0, 0.05) is 23.5 Å². The molecule has 7 heteroatoms. The van der Waals surface area contributed by atoms with Crippen LogP contribution in [0.3, 0.4) is 0 Å². The van der Waals surface area contributed by atoms with E-state index in [2.05, 4.69) is 0 Å². The molecule has 0 spiro atoms. The molecule has 1 amide bonds. The number of hydrogen-bond donors (Lipinski definition) is 1. The van der Waals surface area contributed by atoms with Crippen molar-refractivity contribution in [3.05, 3.63) is 93.2 Å². The van der Waals surface area contributed by atoms with Gasteiger partial charge in [0.1, 0.15) is 18.1 Å². The largest absolute Gasteiger partial charge is 0.507 e. The van der Waals surface area contributed by atoms with Gasteiger partial charge >= 0.3 is 0 Å². The molecule has 2 aromatic carbocycles. The van der Waals surface area contributed by atoms with Crippen LogP contribution in [0, 0.1) is 6.92 Å². The molecule has 1 fully saturated rings. The first kappa shape index (κ1) is 23.7. The van der Waals surface area contributed by atoms with Crippen molar-refractivity contribution in [2.75, 3.05) is 27.2 Å². The standard InChI is InChI=1S/C27H28N2O4S/c1-18-7-4-5-8-20(18)17-33-21-12-10-19(11-13-21)25(30)23-24(22-9-6-16-34-22)29(15-14-28(2)3)27(32)26(23)31/h4-13,16,24,30H,14-15,17H2,1-3H3/b25-23+. The van der Waals surface area contributed by atoms with Gasteiger partial charge in [-0.1, -0.05) is 30.3 Å². The van der Waals surface area contributed by atoms with Gasteiger partial charge in [-0.15, -0.1) is 11.3 Å². The highest BCUT2D eigenvalue weighted by Gasteiger charge is 2.46. The molecule has 1 aliphatic heterocycles. The minimum atomic E-state index is -0.658.